The van der Waals surface area contributed by atoms with Crippen LogP contribution in [0.4, 0.5) is 15.3 Å². The maximum Gasteiger partial charge on any atom is 0.316 e. The van der Waals surface area contributed by atoms with Crippen molar-refractivity contribution >= 4 is 27.8 Å². The Morgan fingerprint density at radius 3 is 2.42 bits per heavy atom. The predicted octanol–water partition coefficient (Wildman–Crippen LogP) is 2.11. The molecule has 2 aromatic carbocycles. The van der Waals surface area contributed by atoms with E-state index in [1.807, 2.05) is 44.2 Å². The molecule has 2 aromatic rings. The van der Waals surface area contributed by atoms with Crippen LogP contribution in [0.5, 0.6) is 0 Å². The lowest BCUT2D eigenvalue weighted by atomic mass is 9.87. The highest BCUT2D eigenvalue weighted by molar-refractivity contribution is 7.89. The van der Waals surface area contributed by atoms with Gasteiger partial charge in [0.1, 0.15) is 6.09 Å². The summed E-state index contributed by atoms with van der Waals surface area (Å²) in [4.78, 5) is 27.4. The van der Waals surface area contributed by atoms with Crippen molar-refractivity contribution in [3.63, 3.8) is 0 Å². The van der Waals surface area contributed by atoms with Gasteiger partial charge in [-0.2, -0.15) is 4.31 Å². The molecule has 2 heterocycles. The third kappa shape index (κ3) is 9.59. The van der Waals surface area contributed by atoms with Gasteiger partial charge in [-0.15, -0.1) is 0 Å². The number of fused-ring (bicyclic) bond motifs is 1. The standard InChI is InChI=1S/C34H51N5O8S/c1-34(2,17-8-9-18-36-32(41)37(3)4)23-38(48(44,45)26-14-12-25(35)13-15-26)21-30(40)28(20-24-10-6-5-7-11-24)39(33(42)43)29-22-47-31-27(29)16-19-46-31/h5-7,10-15,27-31,40H,8-9,16-23,35H2,1-4H3,(H,36,41)(H,42,43)/p-1/t27-,28-,29-,30+,31+/m0/s1. The van der Waals surface area contributed by atoms with Crippen molar-refractivity contribution in [1.29, 1.82) is 0 Å². The third-order valence-corrected chi connectivity index (χ3v) is 11.0. The minimum absolute atomic E-state index is 0.0117. The fourth-order valence-electron chi connectivity index (χ4n) is 6.53. The third-order valence-electron chi connectivity index (χ3n) is 9.14. The number of amides is 3. The number of unbranched alkanes of at least 4 members (excludes halogenated alkanes) is 1. The van der Waals surface area contributed by atoms with E-state index in [9.17, 15) is 28.2 Å². The second-order valence-electron chi connectivity index (χ2n) is 13.7. The number of aliphatic hydroxyl groups excluding tert-OH is 1. The first-order chi connectivity index (χ1) is 22.7. The molecular formula is C34H50N5O8S-. The molecule has 5 atom stereocenters. The Kier molecular flexibility index (Phi) is 12.7. The SMILES string of the molecule is CN(C)C(=O)NCCCCC(C)(C)CN(C[C@@H](O)[C@H](Cc1ccccc1)N(C(=O)[O-])[C@H]1CO[C@H]2OCC[C@H]21)S(=O)(=O)c1ccc(N)cc1. The van der Waals surface area contributed by atoms with Crippen molar-refractivity contribution in [3.05, 3.63) is 60.2 Å². The van der Waals surface area contributed by atoms with E-state index in [2.05, 4.69) is 5.32 Å². The van der Waals surface area contributed by atoms with Gasteiger partial charge in [-0.05, 0) is 60.9 Å². The van der Waals surface area contributed by atoms with E-state index in [0.29, 0.717) is 38.1 Å². The minimum atomic E-state index is -4.16. The highest BCUT2D eigenvalue weighted by Gasteiger charge is 2.47. The van der Waals surface area contributed by atoms with Crippen LogP contribution in [-0.2, 0) is 25.9 Å². The average Bonchev–Trinajstić information content (AvgIpc) is 3.65. The Balaban J connectivity index is 1.61. The normalized spacial score (nSPS) is 20.7. The van der Waals surface area contributed by atoms with Crippen LogP contribution in [0.1, 0.15) is 45.1 Å². The van der Waals surface area contributed by atoms with Crippen LogP contribution in [0.25, 0.3) is 0 Å². The summed E-state index contributed by atoms with van der Waals surface area (Å²) in [5.74, 6) is -0.232. The van der Waals surface area contributed by atoms with Gasteiger partial charge >= 0.3 is 6.03 Å². The summed E-state index contributed by atoms with van der Waals surface area (Å²) < 4.78 is 41.1. The number of sulfonamides is 1. The summed E-state index contributed by atoms with van der Waals surface area (Å²) in [6.07, 6.45) is -0.649. The second-order valence-corrected chi connectivity index (χ2v) is 15.6. The molecule has 0 unspecified atom stereocenters. The number of hydrogen-bond donors (Lipinski definition) is 3. The van der Waals surface area contributed by atoms with Gasteiger partial charge in [0.15, 0.2) is 6.29 Å². The summed E-state index contributed by atoms with van der Waals surface area (Å²) in [6.45, 7) is 4.59. The molecule has 0 spiro atoms. The van der Waals surface area contributed by atoms with Gasteiger partial charge in [0.05, 0.1) is 36.3 Å². The summed E-state index contributed by atoms with van der Waals surface area (Å²) in [5.41, 5.74) is 6.50. The molecule has 2 fully saturated rings. The zero-order valence-electron chi connectivity index (χ0n) is 28.3. The number of nitrogens with zero attached hydrogens (tertiary/aromatic N) is 3. The van der Waals surface area contributed by atoms with Crippen molar-refractivity contribution in [3.8, 4) is 0 Å². The summed E-state index contributed by atoms with van der Waals surface area (Å²) in [7, 11) is -0.823. The van der Waals surface area contributed by atoms with Gasteiger partial charge in [0.25, 0.3) is 0 Å². The molecule has 0 radical (unpaired) electrons. The Bertz CT molecular complexity index is 1460. The zero-order chi connectivity index (χ0) is 35.1. The quantitative estimate of drug-likeness (QED) is 0.176. The van der Waals surface area contributed by atoms with Gasteiger partial charge in [-0.1, -0.05) is 50.6 Å². The molecule has 3 amide bonds. The monoisotopic (exact) mass is 688 g/mol. The molecule has 0 aromatic heterocycles. The van der Waals surface area contributed by atoms with E-state index >= 15 is 0 Å². The van der Waals surface area contributed by atoms with E-state index in [0.717, 1.165) is 16.9 Å². The molecule has 4 N–H and O–H groups in total. The lowest BCUT2D eigenvalue weighted by molar-refractivity contribution is -0.273. The molecular weight excluding hydrogens is 638 g/mol. The predicted molar refractivity (Wildman–Crippen MR) is 179 cm³/mol. The number of hydrogen-bond acceptors (Lipinski definition) is 9. The number of nitrogen functional groups attached to an aromatic ring is 1. The van der Waals surface area contributed by atoms with Crippen molar-refractivity contribution in [2.75, 3.05) is 52.7 Å². The van der Waals surface area contributed by atoms with Crippen LogP contribution in [0.2, 0.25) is 0 Å². The molecule has 2 aliphatic heterocycles. The minimum Gasteiger partial charge on any atom is -0.530 e. The van der Waals surface area contributed by atoms with Gasteiger partial charge in [-0.25, -0.2) is 13.2 Å². The highest BCUT2D eigenvalue weighted by atomic mass is 32.2. The first kappa shape index (κ1) is 37.4. The van der Waals surface area contributed by atoms with Crippen LogP contribution < -0.4 is 16.2 Å². The molecule has 0 bridgehead atoms. The Hall–Kier alpha value is -3.43. The lowest BCUT2D eigenvalue weighted by Crippen LogP contribution is -2.61. The van der Waals surface area contributed by atoms with E-state index < -0.39 is 46.0 Å². The molecule has 0 aliphatic carbocycles. The first-order valence-electron chi connectivity index (χ1n) is 16.4. The molecule has 0 saturated carbocycles. The van der Waals surface area contributed by atoms with Gasteiger partial charge in [0, 0.05) is 45.3 Å². The number of benzene rings is 2. The number of aliphatic hydroxyl groups is 1. The largest absolute Gasteiger partial charge is 0.530 e. The van der Waals surface area contributed by atoms with E-state index in [1.54, 1.807) is 14.1 Å². The van der Waals surface area contributed by atoms with Crippen LogP contribution in [-0.4, -0.2) is 111 Å². The molecule has 266 valence electrons. The van der Waals surface area contributed by atoms with Crippen molar-refractivity contribution in [1.82, 2.24) is 19.4 Å². The maximum absolute atomic E-state index is 14.2. The molecule has 14 heteroatoms. The second kappa shape index (κ2) is 16.3. The number of nitrogens with one attached hydrogen (secondary N) is 1. The highest BCUT2D eigenvalue weighted by Crippen LogP contribution is 2.36. The number of rotatable bonds is 16. The number of urea groups is 1. The summed E-state index contributed by atoms with van der Waals surface area (Å²) in [6, 6.07) is 13.2. The first-order valence-corrected chi connectivity index (χ1v) is 17.9. The number of anilines is 1. The molecule has 2 saturated heterocycles. The van der Waals surface area contributed by atoms with Gasteiger partial charge < -0.3 is 45.3 Å². The van der Waals surface area contributed by atoms with Crippen molar-refractivity contribution in [2.45, 2.75) is 75.3 Å². The summed E-state index contributed by atoms with van der Waals surface area (Å²) >= 11 is 0. The van der Waals surface area contributed by atoms with Crippen molar-refractivity contribution < 1.29 is 37.7 Å². The Labute approximate surface area is 284 Å². The number of carbonyl (C=O) groups is 2. The van der Waals surface area contributed by atoms with Crippen LogP contribution in [0, 0.1) is 11.3 Å². The molecule has 13 nitrogen and oxygen atoms in total. The van der Waals surface area contributed by atoms with Crippen LogP contribution in [0.3, 0.4) is 0 Å². The molecule has 2 aliphatic rings. The zero-order valence-corrected chi connectivity index (χ0v) is 29.1. The fraction of sp³-hybridized carbons (Fsp3) is 0.588. The Morgan fingerprint density at radius 1 is 1.08 bits per heavy atom. The number of ether oxygens (including phenoxy) is 2. The van der Waals surface area contributed by atoms with Crippen LogP contribution in [0.15, 0.2) is 59.5 Å². The number of carbonyl (C=O) groups excluding carboxylic acids is 2. The van der Waals surface area contributed by atoms with Gasteiger partial charge in [0.2, 0.25) is 10.0 Å². The van der Waals surface area contributed by atoms with Gasteiger partial charge in [-0.3, -0.25) is 0 Å². The van der Waals surface area contributed by atoms with E-state index in [-0.39, 0.29) is 43.0 Å². The maximum atomic E-state index is 14.2. The fourth-order valence-corrected chi connectivity index (χ4v) is 8.17. The van der Waals surface area contributed by atoms with Crippen molar-refractivity contribution in [2.24, 2.45) is 11.3 Å². The number of nitrogens with two attached hydrogens (primary N) is 1. The lowest BCUT2D eigenvalue weighted by Gasteiger charge is -2.43. The molecule has 4 rings (SSSR count). The number of carboxylic acid groups (broad SMARTS) is 1. The topological polar surface area (TPSA) is 178 Å². The average molecular weight is 689 g/mol. The summed E-state index contributed by atoms with van der Waals surface area (Å²) in [5, 5.41) is 27.7. The van der Waals surface area contributed by atoms with E-state index in [4.69, 9.17) is 15.2 Å². The Morgan fingerprint density at radius 2 is 1.77 bits per heavy atom. The van der Waals surface area contributed by atoms with E-state index in [1.165, 1.54) is 33.5 Å². The smallest absolute Gasteiger partial charge is 0.316 e. The van der Waals surface area contributed by atoms with Crippen LogP contribution >= 0.6 is 0 Å². The molecule has 48 heavy (non-hydrogen) atoms.